The van der Waals surface area contributed by atoms with E-state index in [-0.39, 0.29) is 9.92 Å². The van der Waals surface area contributed by atoms with Gasteiger partial charge in [0.05, 0.1) is 16.1 Å². The van der Waals surface area contributed by atoms with Crippen molar-refractivity contribution in [3.63, 3.8) is 0 Å². The highest BCUT2D eigenvalue weighted by molar-refractivity contribution is 7.89. The Balaban J connectivity index is 2.15. The molecule has 0 amide bonds. The van der Waals surface area contributed by atoms with E-state index < -0.39 is 15.8 Å². The SMILES string of the molecule is Cc1cc(C=NNS(=O)(=O)c2ccc(F)c(Cl)c2)no1. The van der Waals surface area contributed by atoms with E-state index in [4.69, 9.17) is 16.1 Å². The number of rotatable bonds is 4. The van der Waals surface area contributed by atoms with Crippen molar-refractivity contribution in [1.82, 2.24) is 9.99 Å². The van der Waals surface area contributed by atoms with Crippen LogP contribution in [0.5, 0.6) is 0 Å². The first-order chi connectivity index (χ1) is 9.38. The number of hydrazone groups is 1. The van der Waals surface area contributed by atoms with Crippen molar-refractivity contribution < 1.29 is 17.3 Å². The topological polar surface area (TPSA) is 84.6 Å². The average Bonchev–Trinajstić information content (AvgIpc) is 2.78. The number of hydrogen-bond donors (Lipinski definition) is 1. The Labute approximate surface area is 119 Å². The van der Waals surface area contributed by atoms with Crippen LogP contribution in [0, 0.1) is 12.7 Å². The summed E-state index contributed by atoms with van der Waals surface area (Å²) in [5.41, 5.74) is 0.363. The number of halogens is 2. The fourth-order valence-corrected chi connectivity index (χ4v) is 2.37. The maximum absolute atomic E-state index is 13.0. The Morgan fingerprint density at radius 2 is 2.20 bits per heavy atom. The minimum absolute atomic E-state index is 0.197. The molecule has 0 aliphatic heterocycles. The Morgan fingerprint density at radius 3 is 2.80 bits per heavy atom. The summed E-state index contributed by atoms with van der Waals surface area (Å²) < 4.78 is 41.4. The molecule has 1 N–H and O–H groups in total. The van der Waals surface area contributed by atoms with E-state index >= 15 is 0 Å². The third-order valence-electron chi connectivity index (χ3n) is 2.22. The smallest absolute Gasteiger partial charge is 0.276 e. The number of nitrogens with one attached hydrogen (secondary N) is 1. The number of aromatic nitrogens is 1. The van der Waals surface area contributed by atoms with Crippen molar-refractivity contribution in [1.29, 1.82) is 0 Å². The van der Waals surface area contributed by atoms with Gasteiger partial charge in [-0.2, -0.15) is 13.5 Å². The normalized spacial score (nSPS) is 11.9. The summed E-state index contributed by atoms with van der Waals surface area (Å²) in [6.45, 7) is 1.69. The molecule has 2 rings (SSSR count). The molecule has 0 bridgehead atoms. The monoisotopic (exact) mass is 317 g/mol. The molecule has 1 heterocycles. The Morgan fingerprint density at radius 1 is 1.45 bits per heavy atom. The number of hydrogen-bond acceptors (Lipinski definition) is 5. The van der Waals surface area contributed by atoms with E-state index in [0.29, 0.717) is 11.5 Å². The third-order valence-corrected chi connectivity index (χ3v) is 3.73. The Kier molecular flexibility index (Phi) is 4.05. The van der Waals surface area contributed by atoms with Crippen LogP contribution in [0.1, 0.15) is 11.5 Å². The highest BCUT2D eigenvalue weighted by Crippen LogP contribution is 2.19. The van der Waals surface area contributed by atoms with Gasteiger partial charge in [-0.05, 0) is 25.1 Å². The largest absolute Gasteiger partial charge is 0.361 e. The first-order valence-electron chi connectivity index (χ1n) is 5.32. The van der Waals surface area contributed by atoms with Crippen molar-refractivity contribution >= 4 is 27.8 Å². The lowest BCUT2D eigenvalue weighted by Crippen LogP contribution is -2.18. The van der Waals surface area contributed by atoms with Crippen LogP contribution in [0.2, 0.25) is 5.02 Å². The maximum atomic E-state index is 13.0. The molecule has 1 aromatic carbocycles. The number of nitrogens with zero attached hydrogens (tertiary/aromatic N) is 2. The molecule has 9 heteroatoms. The van der Waals surface area contributed by atoms with Crippen LogP contribution in [0.3, 0.4) is 0 Å². The van der Waals surface area contributed by atoms with Crippen molar-refractivity contribution in [2.24, 2.45) is 5.10 Å². The molecule has 0 radical (unpaired) electrons. The summed E-state index contributed by atoms with van der Waals surface area (Å²) in [5, 5.41) is 6.85. The highest BCUT2D eigenvalue weighted by Gasteiger charge is 2.14. The number of sulfonamides is 1. The zero-order chi connectivity index (χ0) is 14.8. The van der Waals surface area contributed by atoms with Gasteiger partial charge in [-0.25, -0.2) is 9.22 Å². The van der Waals surface area contributed by atoms with Crippen molar-refractivity contribution in [2.45, 2.75) is 11.8 Å². The molecule has 0 atom stereocenters. The quantitative estimate of drug-likeness (QED) is 0.691. The van der Waals surface area contributed by atoms with E-state index in [1.54, 1.807) is 13.0 Å². The summed E-state index contributed by atoms with van der Waals surface area (Å²) in [6.07, 6.45) is 1.18. The summed E-state index contributed by atoms with van der Waals surface area (Å²) in [5.74, 6) is -0.133. The lowest BCUT2D eigenvalue weighted by Gasteiger charge is -2.03. The molecule has 20 heavy (non-hydrogen) atoms. The molecule has 0 aliphatic carbocycles. The standard InChI is InChI=1S/C11H9ClFN3O3S/c1-7-4-8(15-19-7)6-14-16-20(17,18)9-2-3-11(13)10(12)5-9/h2-6,16H,1H3. The van der Waals surface area contributed by atoms with Crippen molar-refractivity contribution in [3.05, 3.63) is 46.6 Å². The molecule has 0 unspecified atom stereocenters. The van der Waals surface area contributed by atoms with E-state index in [2.05, 4.69) is 10.3 Å². The summed E-state index contributed by atoms with van der Waals surface area (Å²) >= 11 is 5.52. The van der Waals surface area contributed by atoms with Gasteiger partial charge in [-0.3, -0.25) is 0 Å². The van der Waals surface area contributed by atoms with Gasteiger partial charge in [0.25, 0.3) is 10.0 Å². The summed E-state index contributed by atoms with van der Waals surface area (Å²) in [7, 11) is -3.92. The molecule has 0 saturated heterocycles. The van der Waals surface area contributed by atoms with E-state index in [1.807, 2.05) is 4.83 Å². The second-order valence-electron chi connectivity index (χ2n) is 3.79. The number of aryl methyl sites for hydroxylation is 1. The van der Waals surface area contributed by atoms with Gasteiger partial charge in [0.1, 0.15) is 17.3 Å². The predicted octanol–water partition coefficient (Wildman–Crippen LogP) is 2.09. The number of benzene rings is 1. The zero-order valence-electron chi connectivity index (χ0n) is 10.2. The van der Waals surface area contributed by atoms with Gasteiger partial charge >= 0.3 is 0 Å². The molecule has 1 aromatic heterocycles. The molecular formula is C11H9ClFN3O3S. The maximum Gasteiger partial charge on any atom is 0.276 e. The predicted molar refractivity (Wildman–Crippen MR) is 70.6 cm³/mol. The molecule has 2 aromatic rings. The third kappa shape index (κ3) is 3.34. The second-order valence-corrected chi connectivity index (χ2v) is 5.86. The van der Waals surface area contributed by atoms with Crippen LogP contribution in [-0.2, 0) is 10.0 Å². The minimum atomic E-state index is -3.92. The molecule has 0 saturated carbocycles. The van der Waals surface area contributed by atoms with E-state index in [1.165, 1.54) is 6.21 Å². The first kappa shape index (κ1) is 14.5. The molecular weight excluding hydrogens is 309 g/mol. The Bertz CT molecular complexity index is 758. The molecule has 0 spiro atoms. The molecule has 106 valence electrons. The van der Waals surface area contributed by atoms with Crippen molar-refractivity contribution in [2.75, 3.05) is 0 Å². The van der Waals surface area contributed by atoms with Crippen LogP contribution >= 0.6 is 11.6 Å². The van der Waals surface area contributed by atoms with E-state index in [9.17, 15) is 12.8 Å². The van der Waals surface area contributed by atoms with Gasteiger partial charge in [0.15, 0.2) is 0 Å². The van der Waals surface area contributed by atoms with Crippen molar-refractivity contribution in [3.8, 4) is 0 Å². The highest BCUT2D eigenvalue weighted by atomic mass is 35.5. The first-order valence-corrected chi connectivity index (χ1v) is 7.18. The van der Waals surface area contributed by atoms with Crippen LogP contribution in [-0.4, -0.2) is 19.8 Å². The van der Waals surface area contributed by atoms with Crippen LogP contribution < -0.4 is 4.83 Å². The zero-order valence-corrected chi connectivity index (χ0v) is 11.7. The minimum Gasteiger partial charge on any atom is -0.361 e. The van der Waals surface area contributed by atoms with Crippen LogP contribution in [0.15, 0.2) is 38.8 Å². The van der Waals surface area contributed by atoms with Gasteiger partial charge in [0, 0.05) is 6.07 Å². The molecule has 6 nitrogen and oxygen atoms in total. The summed E-state index contributed by atoms with van der Waals surface area (Å²) in [4.78, 5) is 1.76. The average molecular weight is 318 g/mol. The fraction of sp³-hybridized carbons (Fsp3) is 0.0909. The second kappa shape index (κ2) is 5.59. The fourth-order valence-electron chi connectivity index (χ4n) is 1.31. The lowest BCUT2D eigenvalue weighted by molar-refractivity contribution is 0.396. The van der Waals surface area contributed by atoms with Crippen LogP contribution in [0.4, 0.5) is 4.39 Å². The lowest BCUT2D eigenvalue weighted by atomic mass is 10.3. The molecule has 0 aliphatic rings. The van der Waals surface area contributed by atoms with Gasteiger partial charge in [0.2, 0.25) is 0 Å². The van der Waals surface area contributed by atoms with Gasteiger partial charge in [-0.15, -0.1) is 0 Å². The van der Waals surface area contributed by atoms with E-state index in [0.717, 1.165) is 18.2 Å². The van der Waals surface area contributed by atoms with Gasteiger partial charge < -0.3 is 4.52 Å². The van der Waals surface area contributed by atoms with Crippen LogP contribution in [0.25, 0.3) is 0 Å². The Hall–Kier alpha value is -1.93. The summed E-state index contributed by atoms with van der Waals surface area (Å²) in [6, 6.07) is 4.61. The van der Waals surface area contributed by atoms with Gasteiger partial charge in [-0.1, -0.05) is 16.8 Å². The molecule has 0 fully saturated rings.